The monoisotopic (exact) mass is 236 g/mol. The molecule has 5 nitrogen and oxygen atoms in total. The standard InChI is InChI=1S/C10H21FN2O3/c1-9(14)13-7-10(11)8-16-6-5-15-4-3-12-2/h10,12H,3-8H2,1-2H3,(H,13,14). The van der Waals surface area contributed by atoms with Crippen LogP contribution in [0.1, 0.15) is 6.92 Å². The van der Waals surface area contributed by atoms with E-state index in [4.69, 9.17) is 9.47 Å². The summed E-state index contributed by atoms with van der Waals surface area (Å²) in [6, 6.07) is 0. The van der Waals surface area contributed by atoms with Crippen LogP contribution in [0.4, 0.5) is 4.39 Å². The van der Waals surface area contributed by atoms with Crippen molar-refractivity contribution >= 4 is 5.91 Å². The lowest BCUT2D eigenvalue weighted by molar-refractivity contribution is -0.119. The first-order valence-electron chi connectivity index (χ1n) is 5.35. The van der Waals surface area contributed by atoms with E-state index >= 15 is 0 Å². The van der Waals surface area contributed by atoms with Gasteiger partial charge in [-0.05, 0) is 7.05 Å². The Morgan fingerprint density at radius 1 is 1.31 bits per heavy atom. The molecule has 1 amide bonds. The van der Waals surface area contributed by atoms with Crippen LogP contribution in [0.15, 0.2) is 0 Å². The zero-order valence-corrected chi connectivity index (χ0v) is 9.92. The van der Waals surface area contributed by atoms with Crippen molar-refractivity contribution in [1.82, 2.24) is 10.6 Å². The predicted molar refractivity (Wildman–Crippen MR) is 59.1 cm³/mol. The minimum absolute atomic E-state index is 0.00402. The zero-order valence-electron chi connectivity index (χ0n) is 9.92. The molecule has 0 aliphatic carbocycles. The number of hydrogen-bond donors (Lipinski definition) is 2. The van der Waals surface area contributed by atoms with Crippen LogP contribution in [0.25, 0.3) is 0 Å². The van der Waals surface area contributed by atoms with E-state index in [9.17, 15) is 9.18 Å². The first-order valence-corrected chi connectivity index (χ1v) is 5.35. The molecule has 6 heteroatoms. The quantitative estimate of drug-likeness (QED) is 0.512. The molecule has 0 saturated heterocycles. The number of hydrogen-bond acceptors (Lipinski definition) is 4. The van der Waals surface area contributed by atoms with E-state index in [1.54, 1.807) is 0 Å². The molecule has 0 spiro atoms. The first kappa shape index (κ1) is 15.3. The van der Waals surface area contributed by atoms with Crippen molar-refractivity contribution in [2.24, 2.45) is 0 Å². The van der Waals surface area contributed by atoms with Gasteiger partial charge in [0.25, 0.3) is 0 Å². The van der Waals surface area contributed by atoms with Gasteiger partial charge >= 0.3 is 0 Å². The van der Waals surface area contributed by atoms with Crippen molar-refractivity contribution in [3.63, 3.8) is 0 Å². The second kappa shape index (κ2) is 10.8. The molecule has 0 bridgehead atoms. The highest BCUT2D eigenvalue weighted by atomic mass is 19.1. The van der Waals surface area contributed by atoms with E-state index in [1.165, 1.54) is 6.92 Å². The maximum absolute atomic E-state index is 13.0. The third kappa shape index (κ3) is 11.4. The summed E-state index contributed by atoms with van der Waals surface area (Å²) in [5.41, 5.74) is 0. The number of halogens is 1. The van der Waals surface area contributed by atoms with Gasteiger partial charge < -0.3 is 20.1 Å². The highest BCUT2D eigenvalue weighted by Gasteiger charge is 2.06. The zero-order chi connectivity index (χ0) is 12.2. The lowest BCUT2D eigenvalue weighted by Crippen LogP contribution is -2.30. The second-order valence-electron chi connectivity index (χ2n) is 3.33. The van der Waals surface area contributed by atoms with Crippen molar-refractivity contribution in [2.45, 2.75) is 13.1 Å². The maximum Gasteiger partial charge on any atom is 0.216 e. The Labute approximate surface area is 95.7 Å². The van der Waals surface area contributed by atoms with Crippen LogP contribution in [0, 0.1) is 0 Å². The fourth-order valence-corrected chi connectivity index (χ4v) is 0.919. The summed E-state index contributed by atoms with van der Waals surface area (Å²) >= 11 is 0. The summed E-state index contributed by atoms with van der Waals surface area (Å²) in [5.74, 6) is -0.238. The Morgan fingerprint density at radius 2 is 2.00 bits per heavy atom. The number of likely N-dealkylation sites (N-methyl/N-ethyl adjacent to an activating group) is 1. The van der Waals surface area contributed by atoms with E-state index in [2.05, 4.69) is 10.6 Å². The normalized spacial score (nSPS) is 12.4. The van der Waals surface area contributed by atoms with Crippen molar-refractivity contribution in [3.05, 3.63) is 0 Å². The molecular formula is C10H21FN2O3. The number of ether oxygens (including phenoxy) is 2. The van der Waals surface area contributed by atoms with Crippen molar-refractivity contribution in [3.8, 4) is 0 Å². The molecule has 0 saturated carbocycles. The van der Waals surface area contributed by atoms with Crippen LogP contribution >= 0.6 is 0 Å². The lowest BCUT2D eigenvalue weighted by Gasteiger charge is -2.09. The molecule has 16 heavy (non-hydrogen) atoms. The van der Waals surface area contributed by atoms with Gasteiger partial charge in [-0.1, -0.05) is 0 Å². The average molecular weight is 236 g/mol. The summed E-state index contributed by atoms with van der Waals surface area (Å²) in [5, 5.41) is 5.32. The lowest BCUT2D eigenvalue weighted by atomic mass is 10.4. The molecule has 96 valence electrons. The van der Waals surface area contributed by atoms with Gasteiger partial charge in [0.05, 0.1) is 33.0 Å². The van der Waals surface area contributed by atoms with Crippen LogP contribution in [-0.4, -0.2) is 58.6 Å². The molecule has 0 aliphatic rings. The Balaban J connectivity index is 3.15. The van der Waals surface area contributed by atoms with E-state index in [1.807, 2.05) is 7.05 Å². The number of nitrogens with one attached hydrogen (secondary N) is 2. The van der Waals surface area contributed by atoms with Crippen LogP contribution in [0.3, 0.4) is 0 Å². The number of rotatable bonds is 10. The summed E-state index contributed by atoms with van der Waals surface area (Å²) in [6.07, 6.45) is -1.17. The van der Waals surface area contributed by atoms with Crippen molar-refractivity contribution in [2.75, 3.05) is 46.6 Å². The second-order valence-corrected chi connectivity index (χ2v) is 3.33. The molecular weight excluding hydrogens is 215 g/mol. The van der Waals surface area contributed by atoms with Gasteiger partial charge in [0.2, 0.25) is 5.91 Å². The number of carbonyl (C=O) groups is 1. The highest BCUT2D eigenvalue weighted by molar-refractivity contribution is 5.72. The molecule has 0 aromatic rings. The summed E-state index contributed by atoms with van der Waals surface area (Å²) in [4.78, 5) is 10.5. The fourth-order valence-electron chi connectivity index (χ4n) is 0.919. The summed E-state index contributed by atoms with van der Waals surface area (Å²) in [6.45, 7) is 3.55. The van der Waals surface area contributed by atoms with Crippen molar-refractivity contribution < 1.29 is 18.7 Å². The smallest absolute Gasteiger partial charge is 0.216 e. The Kier molecular flexibility index (Phi) is 10.3. The molecule has 1 atom stereocenters. The van der Waals surface area contributed by atoms with Crippen molar-refractivity contribution in [1.29, 1.82) is 0 Å². The van der Waals surface area contributed by atoms with Crippen LogP contribution in [0.5, 0.6) is 0 Å². The summed E-state index contributed by atoms with van der Waals surface area (Å²) in [7, 11) is 1.84. The van der Waals surface area contributed by atoms with E-state index in [0.29, 0.717) is 19.8 Å². The van der Waals surface area contributed by atoms with Crippen LogP contribution < -0.4 is 10.6 Å². The highest BCUT2D eigenvalue weighted by Crippen LogP contribution is 1.90. The third-order valence-electron chi connectivity index (χ3n) is 1.74. The molecule has 2 N–H and O–H groups in total. The molecule has 0 radical (unpaired) electrons. The Bertz CT molecular complexity index is 181. The van der Waals surface area contributed by atoms with E-state index < -0.39 is 6.17 Å². The summed E-state index contributed by atoms with van der Waals surface area (Å²) < 4.78 is 23.2. The van der Waals surface area contributed by atoms with Gasteiger partial charge in [-0.25, -0.2) is 4.39 Å². The molecule has 0 aliphatic heterocycles. The molecule has 0 fully saturated rings. The number of alkyl halides is 1. The fraction of sp³-hybridized carbons (Fsp3) is 0.900. The first-order chi connectivity index (χ1) is 7.66. The van der Waals surface area contributed by atoms with Gasteiger partial charge in [-0.2, -0.15) is 0 Å². The minimum Gasteiger partial charge on any atom is -0.378 e. The topological polar surface area (TPSA) is 59.6 Å². The molecule has 0 aromatic heterocycles. The Hall–Kier alpha value is -0.720. The molecule has 0 rings (SSSR count). The van der Waals surface area contributed by atoms with Gasteiger partial charge in [0, 0.05) is 13.5 Å². The third-order valence-corrected chi connectivity index (χ3v) is 1.74. The van der Waals surface area contributed by atoms with E-state index in [0.717, 1.165) is 6.54 Å². The Morgan fingerprint density at radius 3 is 2.62 bits per heavy atom. The minimum atomic E-state index is -1.17. The van der Waals surface area contributed by atoms with Gasteiger partial charge in [0.15, 0.2) is 0 Å². The van der Waals surface area contributed by atoms with Gasteiger partial charge in [-0.15, -0.1) is 0 Å². The van der Waals surface area contributed by atoms with Gasteiger partial charge in [-0.3, -0.25) is 4.79 Å². The molecule has 1 unspecified atom stereocenters. The maximum atomic E-state index is 13.0. The predicted octanol–water partition coefficient (Wildman–Crippen LogP) is -0.287. The number of carbonyl (C=O) groups excluding carboxylic acids is 1. The largest absolute Gasteiger partial charge is 0.378 e. The number of amides is 1. The molecule has 0 aromatic carbocycles. The van der Waals surface area contributed by atoms with Crippen LogP contribution in [0.2, 0.25) is 0 Å². The average Bonchev–Trinajstić information content (AvgIpc) is 2.25. The SMILES string of the molecule is CNCCOCCOCC(F)CNC(C)=O. The van der Waals surface area contributed by atoms with Gasteiger partial charge in [0.1, 0.15) is 6.17 Å². The van der Waals surface area contributed by atoms with Crippen LogP contribution in [-0.2, 0) is 14.3 Å². The van der Waals surface area contributed by atoms with E-state index in [-0.39, 0.29) is 19.1 Å². The molecule has 0 heterocycles.